The predicted molar refractivity (Wildman–Crippen MR) is 180 cm³/mol. The molecule has 1 N–H and O–H groups in total. The Hall–Kier alpha value is -4.35. The topological polar surface area (TPSA) is 105 Å². The Morgan fingerprint density at radius 3 is 2.57 bits per heavy atom. The van der Waals surface area contributed by atoms with Gasteiger partial charge in [0, 0.05) is 24.1 Å². The zero-order valence-corrected chi connectivity index (χ0v) is 28.3. The number of aliphatic carboxylic acids is 1. The number of rotatable bonds is 10. The summed E-state index contributed by atoms with van der Waals surface area (Å²) in [5.41, 5.74) is 4.11. The summed E-state index contributed by atoms with van der Waals surface area (Å²) in [6.07, 6.45) is 9.59. The molecule has 3 aliphatic rings. The highest BCUT2D eigenvalue weighted by Crippen LogP contribution is 2.50. The van der Waals surface area contributed by atoms with Crippen LogP contribution in [-0.4, -0.2) is 63.1 Å². The van der Waals surface area contributed by atoms with E-state index in [1.807, 2.05) is 31.2 Å². The summed E-state index contributed by atoms with van der Waals surface area (Å²) < 4.78 is 45.7. The quantitative estimate of drug-likeness (QED) is 0.181. The first-order valence-corrected chi connectivity index (χ1v) is 17.1. The Labute approximate surface area is 284 Å². The molecule has 49 heavy (non-hydrogen) atoms. The molecule has 2 fully saturated rings. The van der Waals surface area contributed by atoms with Gasteiger partial charge in [0.25, 0.3) is 0 Å². The van der Waals surface area contributed by atoms with Crippen molar-refractivity contribution in [2.24, 2.45) is 5.92 Å². The summed E-state index contributed by atoms with van der Waals surface area (Å²) in [4.78, 5) is 26.2. The molecule has 4 aromatic rings. The number of nitrogens with zero attached hydrogens (tertiary/aromatic N) is 4. The van der Waals surface area contributed by atoms with Crippen molar-refractivity contribution >= 4 is 22.6 Å². The van der Waals surface area contributed by atoms with Crippen molar-refractivity contribution in [3.63, 3.8) is 0 Å². The number of carboxylic acids is 1. The van der Waals surface area contributed by atoms with Crippen molar-refractivity contribution in [2.75, 3.05) is 19.6 Å². The molecule has 1 aliphatic carbocycles. The molecule has 2 aromatic carbocycles. The second-order valence-electron chi connectivity index (χ2n) is 13.6. The monoisotopic (exact) mass is 672 g/mol. The summed E-state index contributed by atoms with van der Waals surface area (Å²) in [5, 5.41) is 9.75. The largest absolute Gasteiger partial charge is 0.480 e. The molecule has 0 amide bonds. The lowest BCUT2D eigenvalue weighted by atomic mass is 9.67. The number of alkyl halides is 2. The van der Waals surface area contributed by atoms with Crippen molar-refractivity contribution in [3.05, 3.63) is 94.6 Å². The molecule has 2 aromatic heterocycles. The van der Waals surface area contributed by atoms with Crippen LogP contribution in [0.3, 0.4) is 0 Å². The summed E-state index contributed by atoms with van der Waals surface area (Å²) in [5.74, 6) is 0.306. The van der Waals surface area contributed by atoms with E-state index in [4.69, 9.17) is 23.5 Å². The van der Waals surface area contributed by atoms with Gasteiger partial charge in [-0.15, -0.1) is 0 Å². The molecule has 2 saturated heterocycles. The van der Waals surface area contributed by atoms with Crippen molar-refractivity contribution in [2.45, 2.75) is 84.0 Å². The molecular formula is C38H42F2N4O5. The van der Waals surface area contributed by atoms with Crippen molar-refractivity contribution in [1.29, 1.82) is 0 Å². The van der Waals surface area contributed by atoms with Crippen LogP contribution in [0.2, 0.25) is 0 Å². The lowest BCUT2D eigenvalue weighted by Crippen LogP contribution is -2.36. The highest BCUT2D eigenvalue weighted by Gasteiger charge is 2.50. The number of hydrogen-bond acceptors (Lipinski definition) is 8. The predicted octanol–water partition coefficient (Wildman–Crippen LogP) is 7.82. The molecule has 0 radical (unpaired) electrons. The lowest BCUT2D eigenvalue weighted by Gasteiger charge is -2.35. The number of allylic oxidation sites excluding steroid dienone is 4. The van der Waals surface area contributed by atoms with Gasteiger partial charge in [0.2, 0.25) is 11.8 Å². The molecule has 0 saturated carbocycles. The average molecular weight is 673 g/mol. The van der Waals surface area contributed by atoms with E-state index in [2.05, 4.69) is 43.9 Å². The standard InChI is InChI=1S/C38H42F2N4O5/c1-22-11-5-6-12-27(22)28-13-9-15-38(23(28)2,35-41-24(3)33(49-35)25(4)43-16-7-8-17-43)36-42-29-19-26(21-44-18-10-14-30(44)34(45)46)31(48-37(39)40)20-32(29)47-36/h5-6,9,11-13,15,19-20,23,25,30,37H,7-8,10,14,16-18,21H2,1-4H3,(H,45,46)/t23?,25?,30-,38?/m0/s1. The number of carbonyl (C=O) groups is 1. The first kappa shape index (κ1) is 33.2. The van der Waals surface area contributed by atoms with Crippen molar-refractivity contribution in [3.8, 4) is 5.75 Å². The van der Waals surface area contributed by atoms with E-state index in [1.54, 1.807) is 11.0 Å². The Kier molecular flexibility index (Phi) is 8.91. The van der Waals surface area contributed by atoms with Crippen LogP contribution in [0.5, 0.6) is 5.75 Å². The fraction of sp³-hybridized carbons (Fsp3) is 0.447. The van der Waals surface area contributed by atoms with Crippen LogP contribution in [0.1, 0.15) is 85.5 Å². The van der Waals surface area contributed by atoms with Crippen molar-refractivity contribution < 1.29 is 32.3 Å². The molecule has 11 heteroatoms. The fourth-order valence-electron chi connectivity index (χ4n) is 7.95. The molecule has 9 nitrogen and oxygen atoms in total. The number of likely N-dealkylation sites (tertiary alicyclic amines) is 2. The summed E-state index contributed by atoms with van der Waals surface area (Å²) in [6, 6.07) is 10.6. The number of aromatic nitrogens is 2. The van der Waals surface area contributed by atoms with E-state index in [0.29, 0.717) is 42.2 Å². The van der Waals surface area contributed by atoms with Crippen LogP contribution in [0.4, 0.5) is 8.78 Å². The van der Waals surface area contributed by atoms with Crippen LogP contribution in [0.25, 0.3) is 16.7 Å². The zero-order valence-electron chi connectivity index (χ0n) is 28.3. The second-order valence-corrected chi connectivity index (χ2v) is 13.6. The number of carboxylic acid groups (broad SMARTS) is 1. The van der Waals surface area contributed by atoms with Crippen LogP contribution in [0.15, 0.2) is 63.5 Å². The number of ether oxygens (including phenoxy) is 1. The third-order valence-electron chi connectivity index (χ3n) is 10.7. The molecule has 258 valence electrons. The molecule has 2 aliphatic heterocycles. The van der Waals surface area contributed by atoms with Gasteiger partial charge in [-0.1, -0.05) is 49.4 Å². The van der Waals surface area contributed by atoms with Gasteiger partial charge < -0.3 is 18.7 Å². The number of benzene rings is 2. The van der Waals surface area contributed by atoms with Gasteiger partial charge in [-0.2, -0.15) is 8.78 Å². The Bertz CT molecular complexity index is 1930. The molecule has 3 unspecified atom stereocenters. The maximum Gasteiger partial charge on any atom is 0.387 e. The van der Waals surface area contributed by atoms with Gasteiger partial charge in [-0.25, -0.2) is 9.97 Å². The first-order chi connectivity index (χ1) is 23.6. The molecule has 7 rings (SSSR count). The summed E-state index contributed by atoms with van der Waals surface area (Å²) >= 11 is 0. The minimum Gasteiger partial charge on any atom is -0.480 e. The first-order valence-electron chi connectivity index (χ1n) is 17.1. The van der Waals surface area contributed by atoms with Gasteiger partial charge in [0.05, 0.1) is 11.7 Å². The number of oxazole rings is 2. The third kappa shape index (κ3) is 5.97. The molecule has 4 heterocycles. The molecule has 4 atom stereocenters. The van der Waals surface area contributed by atoms with Crippen LogP contribution in [-0.2, 0) is 16.8 Å². The average Bonchev–Trinajstić information content (AvgIpc) is 3.89. The highest BCUT2D eigenvalue weighted by molar-refractivity contribution is 5.79. The van der Waals surface area contributed by atoms with Crippen LogP contribution >= 0.6 is 0 Å². The Morgan fingerprint density at radius 1 is 1.08 bits per heavy atom. The SMILES string of the molecule is Cc1ccccc1C1=CC=CC(c2nc(C)c(C(C)N3CCCC3)o2)(c2nc3cc(CN4CCC[C@H]4C(=O)O)c(OC(F)F)cc3o2)C1C. The zero-order chi connectivity index (χ0) is 34.4. The second kappa shape index (κ2) is 13.2. The van der Waals surface area contributed by atoms with Gasteiger partial charge in [-0.05, 0) is 88.9 Å². The smallest absolute Gasteiger partial charge is 0.387 e. The number of hydrogen-bond donors (Lipinski definition) is 1. The van der Waals surface area contributed by atoms with Gasteiger partial charge in [-0.3, -0.25) is 14.6 Å². The summed E-state index contributed by atoms with van der Waals surface area (Å²) in [7, 11) is 0. The number of halogens is 2. The van der Waals surface area contributed by atoms with Gasteiger partial charge in [0.15, 0.2) is 5.58 Å². The lowest BCUT2D eigenvalue weighted by molar-refractivity contribution is -0.142. The number of aryl methyl sites for hydroxylation is 2. The highest BCUT2D eigenvalue weighted by atomic mass is 19.3. The number of fused-ring (bicyclic) bond motifs is 1. The van der Waals surface area contributed by atoms with Gasteiger partial charge >= 0.3 is 12.6 Å². The Balaban J connectivity index is 1.37. The van der Waals surface area contributed by atoms with Crippen LogP contribution < -0.4 is 4.74 Å². The molecule has 0 spiro atoms. The van der Waals surface area contributed by atoms with E-state index < -0.39 is 24.0 Å². The van der Waals surface area contributed by atoms with Gasteiger partial charge in [0.1, 0.15) is 28.5 Å². The van der Waals surface area contributed by atoms with Crippen LogP contribution in [0, 0.1) is 19.8 Å². The molecular weight excluding hydrogens is 630 g/mol. The minimum atomic E-state index is -3.08. The van der Waals surface area contributed by atoms with E-state index in [1.165, 1.54) is 6.07 Å². The van der Waals surface area contributed by atoms with E-state index >= 15 is 0 Å². The molecule has 0 bridgehead atoms. The normalized spacial score (nSPS) is 23.9. The Morgan fingerprint density at radius 2 is 1.84 bits per heavy atom. The maximum atomic E-state index is 13.7. The van der Waals surface area contributed by atoms with Crippen molar-refractivity contribution in [1.82, 2.24) is 19.8 Å². The fourth-order valence-corrected chi connectivity index (χ4v) is 7.95. The minimum absolute atomic E-state index is 0.0375. The van der Waals surface area contributed by atoms with E-state index in [-0.39, 0.29) is 29.8 Å². The summed E-state index contributed by atoms with van der Waals surface area (Å²) in [6.45, 7) is 7.88. The maximum absolute atomic E-state index is 13.7. The third-order valence-corrected chi connectivity index (χ3v) is 10.7. The van der Waals surface area contributed by atoms with E-state index in [0.717, 1.165) is 54.1 Å². The van der Waals surface area contributed by atoms with E-state index in [9.17, 15) is 18.7 Å².